The highest BCUT2D eigenvalue weighted by Crippen LogP contribution is 2.32. The fourth-order valence-corrected chi connectivity index (χ4v) is 6.35. The molecule has 1 unspecified atom stereocenters. The number of nitrogens with zero attached hydrogens (tertiary/aromatic N) is 3. The van der Waals surface area contributed by atoms with Crippen molar-refractivity contribution < 1.29 is 38.0 Å². The molecule has 1 aliphatic rings. The van der Waals surface area contributed by atoms with Crippen molar-refractivity contribution in [2.75, 3.05) is 84.1 Å². The SMILES string of the molecule is CCC(C)C(=O)c1cc(OCCOCCOCCOCCOCCOC2CCN(c3ccc4c5cnccc5n(C)c4c3)CC2)ccc1C(C)=O. The molecule has 1 saturated heterocycles. The van der Waals surface area contributed by atoms with Crippen molar-refractivity contribution in [2.45, 2.75) is 46.1 Å². The molecule has 11 nitrogen and oxygen atoms in total. The number of hydrogen-bond donors (Lipinski definition) is 0. The van der Waals surface area contributed by atoms with Crippen LogP contribution >= 0.6 is 0 Å². The highest BCUT2D eigenvalue weighted by atomic mass is 16.6. The molecule has 1 fully saturated rings. The Morgan fingerprint density at radius 1 is 0.784 bits per heavy atom. The second-order valence-electron chi connectivity index (χ2n) is 12.9. The fourth-order valence-electron chi connectivity index (χ4n) is 6.35. The average molecular weight is 704 g/mol. The van der Waals surface area contributed by atoms with Crippen LogP contribution in [0, 0.1) is 5.92 Å². The molecule has 0 saturated carbocycles. The van der Waals surface area contributed by atoms with Gasteiger partial charge in [0, 0.05) is 66.0 Å². The maximum absolute atomic E-state index is 12.7. The summed E-state index contributed by atoms with van der Waals surface area (Å²) < 4.78 is 36.5. The van der Waals surface area contributed by atoms with Gasteiger partial charge in [-0.05, 0) is 62.6 Å². The monoisotopic (exact) mass is 703 g/mol. The molecule has 2 aromatic heterocycles. The van der Waals surface area contributed by atoms with E-state index in [0.29, 0.717) is 89.4 Å². The number of anilines is 1. The Balaban J connectivity index is 0.834. The highest BCUT2D eigenvalue weighted by Gasteiger charge is 2.22. The summed E-state index contributed by atoms with van der Waals surface area (Å²) in [5.74, 6) is 0.206. The number of rotatable bonds is 22. The molecular weight excluding hydrogens is 650 g/mol. The number of fused-ring (bicyclic) bond motifs is 3. The number of aromatic nitrogens is 2. The predicted octanol–water partition coefficient (Wildman–Crippen LogP) is 6.29. The third kappa shape index (κ3) is 10.6. The van der Waals surface area contributed by atoms with Crippen molar-refractivity contribution >= 4 is 39.1 Å². The topological polar surface area (TPSA) is 111 Å². The number of Topliss-reactive ketones (excluding diaryl/α,β-unsaturated/α-hetero) is 2. The van der Waals surface area contributed by atoms with Crippen molar-refractivity contribution in [2.24, 2.45) is 13.0 Å². The lowest BCUT2D eigenvalue weighted by atomic mass is 9.92. The number of benzene rings is 2. The third-order valence-electron chi connectivity index (χ3n) is 9.49. The Morgan fingerprint density at radius 3 is 2.08 bits per heavy atom. The van der Waals surface area contributed by atoms with E-state index >= 15 is 0 Å². The first-order valence-corrected chi connectivity index (χ1v) is 18.2. The molecule has 11 heteroatoms. The minimum atomic E-state index is -0.158. The van der Waals surface area contributed by atoms with E-state index < -0.39 is 0 Å². The Morgan fingerprint density at radius 2 is 1.43 bits per heavy atom. The van der Waals surface area contributed by atoms with Gasteiger partial charge in [-0.25, -0.2) is 0 Å². The molecule has 1 atom stereocenters. The molecule has 0 aliphatic carbocycles. The van der Waals surface area contributed by atoms with Crippen LogP contribution in [-0.2, 0) is 30.7 Å². The number of pyridine rings is 1. The molecule has 3 heterocycles. The maximum atomic E-state index is 12.7. The van der Waals surface area contributed by atoms with E-state index in [9.17, 15) is 9.59 Å². The normalized spacial score (nSPS) is 14.4. The summed E-state index contributed by atoms with van der Waals surface area (Å²) in [5, 5.41) is 2.43. The molecule has 4 aromatic rings. The largest absolute Gasteiger partial charge is 0.491 e. The second kappa shape index (κ2) is 19.7. The number of hydrogen-bond acceptors (Lipinski definition) is 10. The lowest BCUT2D eigenvalue weighted by molar-refractivity contribution is -0.0273. The summed E-state index contributed by atoms with van der Waals surface area (Å²) in [6.45, 7) is 11.9. The van der Waals surface area contributed by atoms with Crippen molar-refractivity contribution in [1.29, 1.82) is 0 Å². The quantitative estimate of drug-likeness (QED) is 0.0685. The van der Waals surface area contributed by atoms with E-state index in [2.05, 4.69) is 45.8 Å². The van der Waals surface area contributed by atoms with E-state index in [4.69, 9.17) is 28.4 Å². The molecule has 0 spiro atoms. The highest BCUT2D eigenvalue weighted by molar-refractivity contribution is 6.09. The number of aryl methyl sites for hydroxylation is 1. The molecule has 2 aromatic carbocycles. The minimum Gasteiger partial charge on any atom is -0.491 e. The van der Waals surface area contributed by atoms with Crippen LogP contribution in [-0.4, -0.2) is 106 Å². The van der Waals surface area contributed by atoms with Crippen molar-refractivity contribution in [3.05, 3.63) is 66.0 Å². The van der Waals surface area contributed by atoms with E-state index in [-0.39, 0.29) is 23.6 Å². The summed E-state index contributed by atoms with van der Waals surface area (Å²) >= 11 is 0. The first-order valence-electron chi connectivity index (χ1n) is 18.2. The van der Waals surface area contributed by atoms with E-state index in [0.717, 1.165) is 25.9 Å². The van der Waals surface area contributed by atoms with Crippen LogP contribution in [0.25, 0.3) is 21.8 Å². The van der Waals surface area contributed by atoms with Gasteiger partial charge in [-0.15, -0.1) is 0 Å². The number of ketones is 2. The standard InChI is InChI=1S/C40H53N3O8/c1-5-29(2)40(45)36-27-33(7-9-34(36)30(3)44)51-25-23-49-21-19-47-17-16-46-18-20-48-22-24-50-32-11-14-43(15-12-32)31-6-8-35-37-28-41-13-10-38(37)42(4)39(35)26-31/h6-10,13,26-29,32H,5,11-12,14-25H2,1-4H3. The van der Waals surface area contributed by atoms with Gasteiger partial charge in [0.15, 0.2) is 11.6 Å². The molecule has 0 radical (unpaired) electrons. The number of carbonyl (C=O) groups is 2. The zero-order valence-corrected chi connectivity index (χ0v) is 30.6. The summed E-state index contributed by atoms with van der Waals surface area (Å²) in [5.41, 5.74) is 4.53. The first-order chi connectivity index (χ1) is 24.9. The fraction of sp³-hybridized carbons (Fsp3) is 0.525. The van der Waals surface area contributed by atoms with Gasteiger partial charge < -0.3 is 37.9 Å². The Labute approximate surface area is 301 Å². The van der Waals surface area contributed by atoms with Gasteiger partial charge in [-0.1, -0.05) is 19.9 Å². The smallest absolute Gasteiger partial charge is 0.166 e. The lowest BCUT2D eigenvalue weighted by Crippen LogP contribution is -2.37. The number of ether oxygens (including phenoxy) is 6. The molecular formula is C40H53N3O8. The molecule has 0 amide bonds. The van der Waals surface area contributed by atoms with Gasteiger partial charge in [-0.2, -0.15) is 0 Å². The Bertz CT molecular complexity index is 1710. The maximum Gasteiger partial charge on any atom is 0.166 e. The van der Waals surface area contributed by atoms with Gasteiger partial charge in [-0.3, -0.25) is 14.6 Å². The van der Waals surface area contributed by atoms with Crippen molar-refractivity contribution in [1.82, 2.24) is 9.55 Å². The molecule has 1 aliphatic heterocycles. The zero-order valence-electron chi connectivity index (χ0n) is 30.6. The van der Waals surface area contributed by atoms with E-state index in [1.807, 2.05) is 26.2 Å². The van der Waals surface area contributed by atoms with Crippen LogP contribution in [0.4, 0.5) is 5.69 Å². The minimum absolute atomic E-state index is 0.0449. The van der Waals surface area contributed by atoms with Gasteiger partial charge in [0.1, 0.15) is 12.4 Å². The molecule has 5 rings (SSSR count). The third-order valence-corrected chi connectivity index (χ3v) is 9.49. The van der Waals surface area contributed by atoms with Gasteiger partial charge in [0.05, 0.1) is 76.6 Å². The van der Waals surface area contributed by atoms with Gasteiger partial charge in [0.25, 0.3) is 0 Å². The van der Waals surface area contributed by atoms with Crippen LogP contribution < -0.4 is 9.64 Å². The predicted molar refractivity (Wildman–Crippen MR) is 198 cm³/mol. The van der Waals surface area contributed by atoms with Crippen LogP contribution in [0.15, 0.2) is 54.9 Å². The molecule has 276 valence electrons. The van der Waals surface area contributed by atoms with Crippen LogP contribution in [0.2, 0.25) is 0 Å². The molecule has 0 bridgehead atoms. The van der Waals surface area contributed by atoms with E-state index in [1.165, 1.54) is 34.4 Å². The summed E-state index contributed by atoms with van der Waals surface area (Å²) in [4.78, 5) is 31.5. The lowest BCUT2D eigenvalue weighted by Gasteiger charge is -2.33. The van der Waals surface area contributed by atoms with Crippen LogP contribution in [0.5, 0.6) is 5.75 Å². The summed E-state index contributed by atoms with van der Waals surface area (Å²) in [6.07, 6.45) is 6.76. The summed E-state index contributed by atoms with van der Waals surface area (Å²) in [6, 6.07) is 13.8. The summed E-state index contributed by atoms with van der Waals surface area (Å²) in [7, 11) is 2.12. The van der Waals surface area contributed by atoms with Crippen LogP contribution in [0.1, 0.15) is 60.7 Å². The Kier molecular flexibility index (Phi) is 14.8. The number of piperidine rings is 1. The van der Waals surface area contributed by atoms with Crippen LogP contribution in [0.3, 0.4) is 0 Å². The average Bonchev–Trinajstić information content (AvgIpc) is 3.44. The molecule has 51 heavy (non-hydrogen) atoms. The molecule has 0 N–H and O–H groups in total. The van der Waals surface area contributed by atoms with Gasteiger partial charge >= 0.3 is 0 Å². The first kappa shape index (κ1) is 38.4. The Hall–Kier alpha value is -3.87. The van der Waals surface area contributed by atoms with Crippen molar-refractivity contribution in [3.63, 3.8) is 0 Å². The van der Waals surface area contributed by atoms with Gasteiger partial charge in [0.2, 0.25) is 0 Å². The second-order valence-corrected chi connectivity index (χ2v) is 12.9. The van der Waals surface area contributed by atoms with Crippen molar-refractivity contribution in [3.8, 4) is 5.75 Å². The number of carbonyl (C=O) groups excluding carboxylic acids is 2. The zero-order chi connectivity index (χ0) is 36.0. The van der Waals surface area contributed by atoms with E-state index in [1.54, 1.807) is 18.2 Å².